The zero-order valence-electron chi connectivity index (χ0n) is 15.3. The van der Waals surface area contributed by atoms with Gasteiger partial charge in [0.25, 0.3) is 5.91 Å². The van der Waals surface area contributed by atoms with Crippen LogP contribution in [-0.4, -0.2) is 65.9 Å². The van der Waals surface area contributed by atoms with Crippen LogP contribution < -0.4 is 10.2 Å². The number of rotatable bonds is 4. The molecular weight excluding hydrogens is 351 g/mol. The minimum Gasteiger partial charge on any atom is -0.368 e. The van der Waals surface area contributed by atoms with Crippen molar-refractivity contribution in [3.05, 3.63) is 30.1 Å². The fourth-order valence-electron chi connectivity index (χ4n) is 3.90. The Morgan fingerprint density at radius 2 is 1.78 bits per heavy atom. The Morgan fingerprint density at radius 1 is 1.15 bits per heavy atom. The summed E-state index contributed by atoms with van der Waals surface area (Å²) in [6.07, 6.45) is 1.85. The average molecular weight is 374 g/mol. The molecule has 0 spiro atoms. The zero-order valence-corrected chi connectivity index (χ0v) is 15.3. The highest BCUT2D eigenvalue weighted by atomic mass is 19.1. The molecule has 0 bridgehead atoms. The predicted molar refractivity (Wildman–Crippen MR) is 96.6 cm³/mol. The lowest BCUT2D eigenvalue weighted by Crippen LogP contribution is -2.52. The minimum absolute atomic E-state index is 0.174. The van der Waals surface area contributed by atoms with Crippen molar-refractivity contribution in [2.24, 2.45) is 5.92 Å². The molecule has 7 nitrogen and oxygen atoms in total. The summed E-state index contributed by atoms with van der Waals surface area (Å²) in [7, 11) is 0. The van der Waals surface area contributed by atoms with Crippen LogP contribution in [0.3, 0.4) is 0 Å². The van der Waals surface area contributed by atoms with Crippen LogP contribution in [0.5, 0.6) is 0 Å². The standard InChI is InChI=1S/C19H23FN4O3/c1-19(13-2-3-13)17(26)24(18(27)21-19)12-16(25)23-10-8-22(9-11-23)15-6-4-14(20)5-7-15/h4-7,13H,2-3,8-12H2,1H3,(H,21,27). The number of carbonyl (C=O) groups excluding carboxylic acids is 3. The van der Waals surface area contributed by atoms with Gasteiger partial charge in [0.2, 0.25) is 5.91 Å². The molecule has 4 amide bonds. The highest BCUT2D eigenvalue weighted by Gasteiger charge is 2.56. The van der Waals surface area contributed by atoms with Gasteiger partial charge in [0.1, 0.15) is 17.9 Å². The number of urea groups is 1. The van der Waals surface area contributed by atoms with Crippen molar-refractivity contribution in [3.63, 3.8) is 0 Å². The molecule has 2 saturated heterocycles. The molecule has 1 aliphatic carbocycles. The molecule has 1 saturated carbocycles. The highest BCUT2D eigenvalue weighted by molar-refractivity contribution is 6.09. The highest BCUT2D eigenvalue weighted by Crippen LogP contribution is 2.42. The van der Waals surface area contributed by atoms with Crippen LogP contribution in [0.2, 0.25) is 0 Å². The Kier molecular flexibility index (Phi) is 4.28. The van der Waals surface area contributed by atoms with Crippen LogP contribution >= 0.6 is 0 Å². The first kappa shape index (κ1) is 17.8. The molecule has 4 rings (SSSR count). The number of carbonyl (C=O) groups is 3. The number of anilines is 1. The van der Waals surface area contributed by atoms with Crippen LogP contribution in [-0.2, 0) is 9.59 Å². The summed E-state index contributed by atoms with van der Waals surface area (Å²) in [6.45, 7) is 3.77. The van der Waals surface area contributed by atoms with Crippen LogP contribution in [0.4, 0.5) is 14.9 Å². The Hall–Kier alpha value is -2.64. The smallest absolute Gasteiger partial charge is 0.325 e. The summed E-state index contributed by atoms with van der Waals surface area (Å²) in [5, 5.41) is 2.76. The van der Waals surface area contributed by atoms with Crippen molar-refractivity contribution in [1.82, 2.24) is 15.1 Å². The maximum Gasteiger partial charge on any atom is 0.325 e. The van der Waals surface area contributed by atoms with Gasteiger partial charge in [0.15, 0.2) is 0 Å². The van der Waals surface area contributed by atoms with Crippen molar-refractivity contribution >= 4 is 23.5 Å². The third-order valence-electron chi connectivity index (χ3n) is 5.81. The molecular formula is C19H23FN4O3. The summed E-state index contributed by atoms with van der Waals surface area (Å²) < 4.78 is 13.1. The van der Waals surface area contributed by atoms with Gasteiger partial charge in [-0.1, -0.05) is 0 Å². The molecule has 1 aromatic carbocycles. The lowest BCUT2D eigenvalue weighted by atomic mass is 9.96. The van der Waals surface area contributed by atoms with E-state index in [0.717, 1.165) is 23.4 Å². The topological polar surface area (TPSA) is 73.0 Å². The normalized spacial score (nSPS) is 25.8. The van der Waals surface area contributed by atoms with E-state index in [1.54, 1.807) is 24.0 Å². The van der Waals surface area contributed by atoms with Crippen molar-refractivity contribution in [1.29, 1.82) is 0 Å². The first-order valence-electron chi connectivity index (χ1n) is 9.31. The zero-order chi connectivity index (χ0) is 19.2. The van der Waals surface area contributed by atoms with Gasteiger partial charge >= 0.3 is 6.03 Å². The second-order valence-electron chi connectivity index (χ2n) is 7.64. The van der Waals surface area contributed by atoms with E-state index in [1.807, 2.05) is 0 Å². The molecule has 3 aliphatic rings. The van der Waals surface area contributed by atoms with Crippen molar-refractivity contribution < 1.29 is 18.8 Å². The number of benzene rings is 1. The molecule has 8 heteroatoms. The van der Waals surface area contributed by atoms with Crippen LogP contribution in [0.1, 0.15) is 19.8 Å². The van der Waals surface area contributed by atoms with Gasteiger partial charge in [0.05, 0.1) is 0 Å². The van der Waals surface area contributed by atoms with Gasteiger partial charge in [-0.3, -0.25) is 14.5 Å². The van der Waals surface area contributed by atoms with Gasteiger partial charge in [-0.05, 0) is 49.9 Å². The third kappa shape index (κ3) is 3.24. The van der Waals surface area contributed by atoms with E-state index in [2.05, 4.69) is 10.2 Å². The Bertz CT molecular complexity index is 772. The summed E-state index contributed by atoms with van der Waals surface area (Å²) in [6, 6.07) is 5.80. The molecule has 144 valence electrons. The van der Waals surface area contributed by atoms with E-state index in [0.29, 0.717) is 26.2 Å². The maximum atomic E-state index is 13.1. The monoisotopic (exact) mass is 374 g/mol. The molecule has 0 aromatic heterocycles. The molecule has 3 fully saturated rings. The lowest BCUT2D eigenvalue weighted by molar-refractivity contribution is -0.139. The number of hydrogen-bond donors (Lipinski definition) is 1. The Balaban J connectivity index is 1.34. The predicted octanol–water partition coefficient (Wildman–Crippen LogP) is 1.19. The van der Waals surface area contributed by atoms with Crippen molar-refractivity contribution in [2.45, 2.75) is 25.3 Å². The van der Waals surface area contributed by atoms with Crippen LogP contribution in [0.25, 0.3) is 0 Å². The Morgan fingerprint density at radius 3 is 2.37 bits per heavy atom. The largest absolute Gasteiger partial charge is 0.368 e. The fourth-order valence-corrected chi connectivity index (χ4v) is 3.90. The molecule has 2 aliphatic heterocycles. The van der Waals surface area contributed by atoms with Gasteiger partial charge in [0, 0.05) is 31.9 Å². The van der Waals surface area contributed by atoms with E-state index < -0.39 is 11.6 Å². The first-order valence-corrected chi connectivity index (χ1v) is 9.31. The number of nitrogens with one attached hydrogen (secondary N) is 1. The minimum atomic E-state index is -0.862. The third-order valence-corrected chi connectivity index (χ3v) is 5.81. The SMILES string of the molecule is CC1(C2CC2)NC(=O)N(CC(=O)N2CCN(c3ccc(F)cc3)CC2)C1=O. The van der Waals surface area contributed by atoms with Crippen molar-refractivity contribution in [3.8, 4) is 0 Å². The van der Waals surface area contributed by atoms with Gasteiger partial charge < -0.3 is 15.1 Å². The number of nitrogens with zero attached hydrogens (tertiary/aromatic N) is 3. The molecule has 1 aromatic rings. The van der Waals surface area contributed by atoms with Crippen molar-refractivity contribution in [2.75, 3.05) is 37.6 Å². The molecule has 0 radical (unpaired) electrons. The van der Waals surface area contributed by atoms with Gasteiger partial charge in [-0.25, -0.2) is 9.18 Å². The molecule has 27 heavy (non-hydrogen) atoms. The summed E-state index contributed by atoms with van der Waals surface area (Å²) in [5.41, 5.74) is 0.0522. The van der Waals surface area contributed by atoms with Crippen LogP contribution in [0, 0.1) is 11.7 Å². The van der Waals surface area contributed by atoms with E-state index in [9.17, 15) is 18.8 Å². The van der Waals surface area contributed by atoms with E-state index >= 15 is 0 Å². The Labute approximate surface area is 157 Å². The summed E-state index contributed by atoms with van der Waals surface area (Å²) in [5.74, 6) is -0.627. The first-order chi connectivity index (χ1) is 12.9. The molecule has 1 unspecified atom stereocenters. The summed E-state index contributed by atoms with van der Waals surface area (Å²) in [4.78, 5) is 42.3. The number of amides is 4. The second kappa shape index (κ2) is 6.51. The second-order valence-corrected chi connectivity index (χ2v) is 7.64. The molecule has 1 atom stereocenters. The lowest BCUT2D eigenvalue weighted by Gasteiger charge is -2.36. The fraction of sp³-hybridized carbons (Fsp3) is 0.526. The maximum absolute atomic E-state index is 13.1. The average Bonchev–Trinajstić information content (AvgIpc) is 3.48. The summed E-state index contributed by atoms with van der Waals surface area (Å²) >= 11 is 0. The number of halogens is 1. The molecule has 1 N–H and O–H groups in total. The van der Waals surface area contributed by atoms with Gasteiger partial charge in [-0.2, -0.15) is 0 Å². The number of hydrogen-bond acceptors (Lipinski definition) is 4. The van der Waals surface area contributed by atoms with E-state index in [-0.39, 0.29) is 30.1 Å². The van der Waals surface area contributed by atoms with E-state index in [1.165, 1.54) is 12.1 Å². The quantitative estimate of drug-likeness (QED) is 0.804. The van der Waals surface area contributed by atoms with Crippen LogP contribution in [0.15, 0.2) is 24.3 Å². The van der Waals surface area contributed by atoms with E-state index in [4.69, 9.17) is 0 Å². The van der Waals surface area contributed by atoms with Gasteiger partial charge in [-0.15, -0.1) is 0 Å². The number of piperazine rings is 1. The molecule has 2 heterocycles. The number of imide groups is 1.